The van der Waals surface area contributed by atoms with Crippen molar-refractivity contribution in [2.24, 2.45) is 4.99 Å². The van der Waals surface area contributed by atoms with Gasteiger partial charge in [-0.25, -0.2) is 18.7 Å². The highest BCUT2D eigenvalue weighted by Gasteiger charge is 2.62. The lowest BCUT2D eigenvalue weighted by Crippen LogP contribution is -2.32. The predicted octanol–water partition coefficient (Wildman–Crippen LogP) is 3.48. The summed E-state index contributed by atoms with van der Waals surface area (Å²) in [5.41, 5.74) is 0.898. The van der Waals surface area contributed by atoms with E-state index in [0.29, 0.717) is 36.4 Å². The summed E-state index contributed by atoms with van der Waals surface area (Å²) in [4.78, 5) is 27.1. The second-order valence-corrected chi connectivity index (χ2v) is 7.86. The molecule has 0 atom stereocenters. The fourth-order valence-corrected chi connectivity index (χ4v) is 4.22. The molecule has 0 N–H and O–H groups in total. The number of nitrogens with zero attached hydrogens (tertiary/aromatic N) is 5. The van der Waals surface area contributed by atoms with E-state index in [1.807, 2.05) is 12.2 Å². The van der Waals surface area contributed by atoms with Gasteiger partial charge in [0, 0.05) is 23.5 Å². The minimum absolute atomic E-state index is 0.162. The molecule has 1 fully saturated rings. The Hall–Kier alpha value is -4.12. The Kier molecular flexibility index (Phi) is 3.89. The molecule has 3 aromatic rings. The highest BCUT2D eigenvalue weighted by Crippen LogP contribution is 2.55. The van der Waals surface area contributed by atoms with E-state index < -0.39 is 22.9 Å². The van der Waals surface area contributed by atoms with Gasteiger partial charge in [0.05, 0.1) is 24.1 Å². The summed E-state index contributed by atoms with van der Waals surface area (Å²) in [5.74, 6) is 3.65. The van der Waals surface area contributed by atoms with Gasteiger partial charge < -0.3 is 0 Å². The maximum Gasteiger partial charge on any atom is 0.260 e. The van der Waals surface area contributed by atoms with Crippen LogP contribution in [-0.4, -0.2) is 32.7 Å². The van der Waals surface area contributed by atoms with Gasteiger partial charge in [0.1, 0.15) is 11.2 Å². The summed E-state index contributed by atoms with van der Waals surface area (Å²) in [7, 11) is 0. The first kappa shape index (κ1) is 18.6. The second kappa shape index (κ2) is 6.69. The maximum atomic E-state index is 15.1. The van der Waals surface area contributed by atoms with Crippen LogP contribution >= 0.6 is 0 Å². The molecule has 2 aromatic heterocycles. The van der Waals surface area contributed by atoms with E-state index in [1.54, 1.807) is 35.3 Å². The monoisotopic (exact) mass is 427 g/mol. The molecule has 1 aliphatic carbocycles. The molecule has 1 amide bonds. The molecule has 32 heavy (non-hydrogen) atoms. The molecule has 3 aliphatic rings. The van der Waals surface area contributed by atoms with Crippen LogP contribution in [0.3, 0.4) is 0 Å². The smallest absolute Gasteiger partial charge is 0.260 e. The number of benzene rings is 1. The standard InChI is InChI=1S/C24H15F2N5O/c25-17-11-16(6-5-15-3-1-9-27-13-15)12-18(26)21(17)30-22(32)24(7-8-24)31-20(14-29-23(30)31)19-4-2-10-28-19/h1-4,9,11-14H,7-8,10H2. The number of halogens is 2. The molecule has 1 spiro atoms. The predicted molar refractivity (Wildman–Crippen MR) is 114 cm³/mol. The summed E-state index contributed by atoms with van der Waals surface area (Å²) >= 11 is 0. The zero-order chi connectivity index (χ0) is 21.9. The van der Waals surface area contributed by atoms with E-state index in [9.17, 15) is 4.79 Å². The first-order chi connectivity index (χ1) is 15.6. The third-order valence-electron chi connectivity index (χ3n) is 5.85. The number of carbonyl (C=O) groups excluding carboxylic acids is 1. The molecular weight excluding hydrogens is 412 g/mol. The Morgan fingerprint density at radius 2 is 1.84 bits per heavy atom. The number of fused-ring (bicyclic) bond motifs is 2. The Labute approximate surface area is 181 Å². The highest BCUT2D eigenvalue weighted by atomic mass is 19.1. The quantitative estimate of drug-likeness (QED) is 0.589. The number of rotatable bonds is 2. The Balaban J connectivity index is 1.43. The third-order valence-corrected chi connectivity index (χ3v) is 5.85. The molecule has 0 unspecified atom stereocenters. The largest absolute Gasteiger partial charge is 0.293 e. The average Bonchev–Trinajstić information content (AvgIpc) is 3.12. The van der Waals surface area contributed by atoms with Crippen molar-refractivity contribution in [1.29, 1.82) is 0 Å². The van der Waals surface area contributed by atoms with Gasteiger partial charge >= 0.3 is 0 Å². The molecule has 0 saturated heterocycles. The number of amides is 1. The molecular formula is C24H15F2N5O. The van der Waals surface area contributed by atoms with Gasteiger partial charge in [-0.3, -0.25) is 19.3 Å². The van der Waals surface area contributed by atoms with Gasteiger partial charge in [-0.15, -0.1) is 0 Å². The van der Waals surface area contributed by atoms with Gasteiger partial charge in [0.25, 0.3) is 5.91 Å². The normalized spacial score (nSPS) is 17.4. The fraction of sp³-hybridized carbons (Fsp3) is 0.167. The molecule has 1 saturated carbocycles. The lowest BCUT2D eigenvalue weighted by atomic mass is 10.1. The number of imidazole rings is 1. The van der Waals surface area contributed by atoms with Gasteiger partial charge in [0.2, 0.25) is 5.95 Å². The molecule has 6 rings (SSSR count). The van der Waals surface area contributed by atoms with Crippen LogP contribution in [0.5, 0.6) is 0 Å². The zero-order valence-corrected chi connectivity index (χ0v) is 16.7. The number of carbonyl (C=O) groups is 1. The average molecular weight is 427 g/mol. The maximum absolute atomic E-state index is 15.1. The number of pyridine rings is 1. The first-order valence-corrected chi connectivity index (χ1v) is 10.1. The van der Waals surface area contributed by atoms with Crippen molar-refractivity contribution >= 4 is 23.3 Å². The van der Waals surface area contributed by atoms with E-state index in [4.69, 9.17) is 0 Å². The summed E-state index contributed by atoms with van der Waals surface area (Å²) < 4.78 is 32.1. The van der Waals surface area contributed by atoms with Crippen LogP contribution in [0.2, 0.25) is 0 Å². The van der Waals surface area contributed by atoms with E-state index >= 15 is 8.78 Å². The summed E-state index contributed by atoms with van der Waals surface area (Å²) in [6.07, 6.45) is 9.74. The minimum atomic E-state index is -0.874. The van der Waals surface area contributed by atoms with Gasteiger partial charge in [-0.1, -0.05) is 17.9 Å². The van der Waals surface area contributed by atoms with E-state index in [-0.39, 0.29) is 17.4 Å². The minimum Gasteiger partial charge on any atom is -0.293 e. The molecule has 156 valence electrons. The van der Waals surface area contributed by atoms with Crippen LogP contribution in [-0.2, 0) is 10.3 Å². The molecule has 4 heterocycles. The van der Waals surface area contributed by atoms with Crippen molar-refractivity contribution < 1.29 is 13.6 Å². The molecule has 1 aromatic carbocycles. The van der Waals surface area contributed by atoms with Crippen molar-refractivity contribution in [2.75, 3.05) is 11.4 Å². The van der Waals surface area contributed by atoms with Gasteiger partial charge in [-0.2, -0.15) is 0 Å². The van der Waals surface area contributed by atoms with Crippen LogP contribution in [0.4, 0.5) is 20.4 Å². The lowest BCUT2D eigenvalue weighted by molar-refractivity contribution is -0.120. The van der Waals surface area contributed by atoms with Crippen LogP contribution in [0, 0.1) is 23.5 Å². The Morgan fingerprint density at radius 3 is 2.50 bits per heavy atom. The van der Waals surface area contributed by atoms with Crippen LogP contribution < -0.4 is 4.90 Å². The lowest BCUT2D eigenvalue weighted by Gasteiger charge is -2.17. The fourth-order valence-electron chi connectivity index (χ4n) is 4.22. The van der Waals surface area contributed by atoms with Gasteiger partial charge in [-0.05, 0) is 43.2 Å². The second-order valence-electron chi connectivity index (χ2n) is 7.86. The van der Waals surface area contributed by atoms with E-state index in [2.05, 4.69) is 26.8 Å². The molecule has 2 aliphatic heterocycles. The topological polar surface area (TPSA) is 63.4 Å². The SMILES string of the molecule is O=C1N(c2c(F)cc(C#Cc3cccnc3)cc2F)c2ncc(C3=NCC=C3)n2C12CC2. The van der Waals surface area contributed by atoms with E-state index in [0.717, 1.165) is 17.0 Å². The van der Waals surface area contributed by atoms with Crippen LogP contribution in [0.1, 0.15) is 29.7 Å². The molecule has 6 nitrogen and oxygen atoms in total. The Bertz CT molecular complexity index is 1380. The van der Waals surface area contributed by atoms with Crippen molar-refractivity contribution in [3.8, 4) is 11.8 Å². The van der Waals surface area contributed by atoms with Gasteiger partial charge in [0.15, 0.2) is 11.6 Å². The number of aliphatic imine (C=N–C) groups is 1. The molecule has 0 bridgehead atoms. The number of hydrogen-bond acceptors (Lipinski definition) is 4. The van der Waals surface area contributed by atoms with Crippen molar-refractivity contribution in [3.05, 3.63) is 83.5 Å². The molecule has 0 radical (unpaired) electrons. The van der Waals surface area contributed by atoms with Crippen LogP contribution in [0.25, 0.3) is 0 Å². The third kappa shape index (κ3) is 2.64. The van der Waals surface area contributed by atoms with Crippen molar-refractivity contribution in [1.82, 2.24) is 14.5 Å². The first-order valence-electron chi connectivity index (χ1n) is 10.1. The number of aromatic nitrogens is 3. The summed E-state index contributed by atoms with van der Waals surface area (Å²) in [6, 6.07) is 5.74. The number of anilines is 2. The summed E-state index contributed by atoms with van der Waals surface area (Å²) in [6.45, 7) is 0.561. The number of allylic oxidation sites excluding steroid dienone is 1. The van der Waals surface area contributed by atoms with Crippen molar-refractivity contribution in [3.63, 3.8) is 0 Å². The van der Waals surface area contributed by atoms with E-state index in [1.165, 1.54) is 0 Å². The summed E-state index contributed by atoms with van der Waals surface area (Å²) in [5, 5.41) is 0. The van der Waals surface area contributed by atoms with Crippen LogP contribution in [0.15, 0.2) is 60.0 Å². The molecule has 8 heteroatoms. The zero-order valence-electron chi connectivity index (χ0n) is 16.7. The highest BCUT2D eigenvalue weighted by molar-refractivity contribution is 6.14. The Morgan fingerprint density at radius 1 is 1.06 bits per heavy atom. The number of hydrogen-bond donors (Lipinski definition) is 0. The van der Waals surface area contributed by atoms with Crippen molar-refractivity contribution in [2.45, 2.75) is 18.4 Å².